The molecule has 0 unspecified atom stereocenters. The summed E-state index contributed by atoms with van der Waals surface area (Å²) in [4.78, 5) is 37.1. The molecule has 3 rings (SSSR count). The van der Waals surface area contributed by atoms with Crippen LogP contribution in [0.1, 0.15) is 45.2 Å². The largest absolute Gasteiger partial charge is 0.453 e. The molecule has 1 aromatic carbocycles. The number of ether oxygens (including phenoxy) is 2. The second-order valence-electron chi connectivity index (χ2n) is 8.44. The molecule has 0 radical (unpaired) electrons. The first kappa shape index (κ1) is 21.6. The highest BCUT2D eigenvalue weighted by atomic mass is 16.6. The predicted molar refractivity (Wildman–Crippen MR) is 113 cm³/mol. The molecule has 2 aliphatic heterocycles. The van der Waals surface area contributed by atoms with Crippen molar-refractivity contribution in [1.29, 1.82) is 0 Å². The Morgan fingerprint density at radius 1 is 1.20 bits per heavy atom. The Kier molecular flexibility index (Phi) is 6.29. The number of benzene rings is 1. The molecule has 0 bridgehead atoms. The van der Waals surface area contributed by atoms with Crippen LogP contribution in [0.15, 0.2) is 36.4 Å². The smallest absolute Gasteiger partial charge is 0.410 e. The topological polar surface area (TPSA) is 84.9 Å². The van der Waals surface area contributed by atoms with Gasteiger partial charge < -0.3 is 19.7 Å². The first-order chi connectivity index (χ1) is 14.1. The average molecular weight is 412 g/mol. The lowest BCUT2D eigenvalue weighted by molar-refractivity contribution is -0.138. The van der Waals surface area contributed by atoms with Crippen molar-refractivity contribution in [3.63, 3.8) is 0 Å². The van der Waals surface area contributed by atoms with Crippen LogP contribution in [0.4, 0.5) is 4.79 Å². The highest BCUT2D eigenvalue weighted by molar-refractivity contribution is 6.18. The van der Waals surface area contributed by atoms with Gasteiger partial charge in [0.05, 0.1) is 12.1 Å². The van der Waals surface area contributed by atoms with E-state index in [0.29, 0.717) is 18.7 Å². The number of carbonyl (C=O) groups excluding carboxylic acids is 3. The summed E-state index contributed by atoms with van der Waals surface area (Å²) in [5, 5.41) is 2.65. The highest BCUT2D eigenvalue weighted by Crippen LogP contribution is 2.28. The lowest BCUT2D eigenvalue weighted by atomic mass is 9.96. The van der Waals surface area contributed by atoms with Gasteiger partial charge in [-0.05, 0) is 50.0 Å². The van der Waals surface area contributed by atoms with Gasteiger partial charge in [0.15, 0.2) is 0 Å². The molecule has 0 fully saturated rings. The van der Waals surface area contributed by atoms with Crippen LogP contribution in [0.25, 0.3) is 11.1 Å². The maximum Gasteiger partial charge on any atom is 0.410 e. The van der Waals surface area contributed by atoms with Gasteiger partial charge in [-0.2, -0.15) is 0 Å². The Labute approximate surface area is 176 Å². The van der Waals surface area contributed by atoms with E-state index in [2.05, 4.69) is 5.32 Å². The van der Waals surface area contributed by atoms with Crippen LogP contribution in [-0.4, -0.2) is 54.2 Å². The molecule has 0 saturated heterocycles. The fourth-order valence-corrected chi connectivity index (χ4v) is 3.34. The predicted octanol–water partition coefficient (Wildman–Crippen LogP) is 3.16. The van der Waals surface area contributed by atoms with Crippen molar-refractivity contribution in [3.05, 3.63) is 47.5 Å². The number of rotatable bonds is 4. The van der Waals surface area contributed by atoms with E-state index >= 15 is 0 Å². The standard InChI is InChI=1S/C23H28N2O5/c1-15(26)24-14-19-13-20(21(27)29-19)18-7-5-16(6-8-18)17-9-11-25(12-10-17)22(28)30-23(2,3)4/h5-9,13,19H,10-12,14H2,1-4H3,(H,24,26)/t19-/m1/s1. The van der Waals surface area contributed by atoms with E-state index in [1.54, 1.807) is 11.0 Å². The van der Waals surface area contributed by atoms with Gasteiger partial charge in [0.2, 0.25) is 5.91 Å². The van der Waals surface area contributed by atoms with Crippen molar-refractivity contribution < 1.29 is 23.9 Å². The second-order valence-corrected chi connectivity index (χ2v) is 8.44. The fraction of sp³-hybridized carbons (Fsp3) is 0.435. The number of carbonyl (C=O) groups is 3. The van der Waals surface area contributed by atoms with Gasteiger partial charge in [0.25, 0.3) is 0 Å². The second kappa shape index (κ2) is 8.73. The van der Waals surface area contributed by atoms with Crippen LogP contribution in [0, 0.1) is 0 Å². The first-order valence-corrected chi connectivity index (χ1v) is 10.1. The molecule has 30 heavy (non-hydrogen) atoms. The van der Waals surface area contributed by atoms with Gasteiger partial charge in [0.1, 0.15) is 11.7 Å². The summed E-state index contributed by atoms with van der Waals surface area (Å²) in [6, 6.07) is 7.73. The van der Waals surface area contributed by atoms with E-state index < -0.39 is 11.7 Å². The Balaban J connectivity index is 1.64. The third-order valence-corrected chi connectivity index (χ3v) is 4.81. The summed E-state index contributed by atoms with van der Waals surface area (Å²) in [6.07, 6.45) is 3.77. The summed E-state index contributed by atoms with van der Waals surface area (Å²) in [7, 11) is 0. The van der Waals surface area contributed by atoms with Crippen LogP contribution >= 0.6 is 0 Å². The third kappa shape index (κ3) is 5.49. The minimum Gasteiger partial charge on any atom is -0.453 e. The van der Waals surface area contributed by atoms with Crippen molar-refractivity contribution in [1.82, 2.24) is 10.2 Å². The van der Waals surface area contributed by atoms with Gasteiger partial charge >= 0.3 is 12.1 Å². The normalized spacial score (nSPS) is 19.0. The number of amides is 2. The Hall–Kier alpha value is -3.09. The molecule has 1 aromatic rings. The molecule has 160 valence electrons. The summed E-state index contributed by atoms with van der Waals surface area (Å²) in [5.41, 5.74) is 3.00. The molecule has 0 aliphatic carbocycles. The lowest BCUT2D eigenvalue weighted by Gasteiger charge is -2.29. The van der Waals surface area contributed by atoms with Crippen LogP contribution in [-0.2, 0) is 19.1 Å². The molecule has 1 N–H and O–H groups in total. The van der Waals surface area contributed by atoms with Gasteiger partial charge in [-0.25, -0.2) is 9.59 Å². The Bertz CT molecular complexity index is 893. The summed E-state index contributed by atoms with van der Waals surface area (Å²) >= 11 is 0. The Morgan fingerprint density at radius 2 is 1.87 bits per heavy atom. The lowest BCUT2D eigenvalue weighted by Crippen LogP contribution is -2.39. The minimum atomic E-state index is -0.506. The first-order valence-electron chi connectivity index (χ1n) is 10.1. The van der Waals surface area contributed by atoms with Crippen LogP contribution in [0.3, 0.4) is 0 Å². The monoisotopic (exact) mass is 412 g/mol. The van der Waals surface area contributed by atoms with Crippen molar-refractivity contribution in [3.8, 4) is 0 Å². The molecule has 0 aromatic heterocycles. The number of nitrogens with zero attached hydrogens (tertiary/aromatic N) is 1. The van der Waals surface area contributed by atoms with E-state index in [4.69, 9.17) is 9.47 Å². The molecule has 2 heterocycles. The molecule has 7 nitrogen and oxygen atoms in total. The van der Waals surface area contributed by atoms with E-state index in [1.165, 1.54) is 6.92 Å². The van der Waals surface area contributed by atoms with Crippen molar-refractivity contribution >= 4 is 29.1 Å². The van der Waals surface area contributed by atoms with Crippen LogP contribution < -0.4 is 5.32 Å². The number of cyclic esters (lactones) is 1. The molecule has 2 amide bonds. The zero-order chi connectivity index (χ0) is 21.9. The zero-order valence-electron chi connectivity index (χ0n) is 17.9. The highest BCUT2D eigenvalue weighted by Gasteiger charge is 2.27. The maximum atomic E-state index is 12.2. The van der Waals surface area contributed by atoms with Gasteiger partial charge in [-0.3, -0.25) is 4.79 Å². The molecule has 0 saturated carbocycles. The fourth-order valence-electron chi connectivity index (χ4n) is 3.34. The van der Waals surface area contributed by atoms with Crippen LogP contribution in [0.5, 0.6) is 0 Å². The maximum absolute atomic E-state index is 12.2. The minimum absolute atomic E-state index is 0.164. The Morgan fingerprint density at radius 3 is 2.43 bits per heavy atom. The van der Waals surface area contributed by atoms with Gasteiger partial charge in [-0.1, -0.05) is 30.3 Å². The number of hydrogen-bond donors (Lipinski definition) is 1. The number of hydrogen-bond acceptors (Lipinski definition) is 5. The quantitative estimate of drug-likeness (QED) is 0.768. The number of nitrogens with one attached hydrogen (secondary N) is 1. The summed E-state index contributed by atoms with van der Waals surface area (Å²) in [6.45, 7) is 8.37. The van der Waals surface area contributed by atoms with Crippen molar-refractivity contribution in [2.75, 3.05) is 19.6 Å². The van der Waals surface area contributed by atoms with Crippen molar-refractivity contribution in [2.24, 2.45) is 0 Å². The van der Waals surface area contributed by atoms with E-state index in [0.717, 1.165) is 23.1 Å². The average Bonchev–Trinajstić information content (AvgIpc) is 3.06. The van der Waals surface area contributed by atoms with Crippen LogP contribution in [0.2, 0.25) is 0 Å². The molecule has 7 heteroatoms. The molecular formula is C23H28N2O5. The van der Waals surface area contributed by atoms with E-state index in [-0.39, 0.29) is 24.5 Å². The van der Waals surface area contributed by atoms with E-state index in [9.17, 15) is 14.4 Å². The number of esters is 1. The molecule has 2 aliphatic rings. The molecular weight excluding hydrogens is 384 g/mol. The van der Waals surface area contributed by atoms with Gasteiger partial charge in [-0.15, -0.1) is 0 Å². The zero-order valence-corrected chi connectivity index (χ0v) is 17.9. The van der Waals surface area contributed by atoms with E-state index in [1.807, 2.05) is 51.1 Å². The van der Waals surface area contributed by atoms with Crippen molar-refractivity contribution in [2.45, 2.75) is 45.8 Å². The molecule has 1 atom stereocenters. The SMILES string of the molecule is CC(=O)NC[C@H]1C=C(c2ccc(C3=CCN(C(=O)OC(C)(C)C)CC3)cc2)C(=O)O1. The molecule has 0 spiro atoms. The third-order valence-electron chi connectivity index (χ3n) is 4.81. The van der Waals surface area contributed by atoms with Gasteiger partial charge in [0, 0.05) is 20.0 Å². The summed E-state index contributed by atoms with van der Waals surface area (Å²) < 4.78 is 10.7. The summed E-state index contributed by atoms with van der Waals surface area (Å²) in [5.74, 6) is -0.550.